The number of carboxylic acid groups (broad SMARTS) is 2. The van der Waals surface area contributed by atoms with Crippen LogP contribution in [0.1, 0.15) is 20.3 Å². The molecule has 0 fully saturated rings. The molecule has 65 valence electrons. The van der Waals surface area contributed by atoms with E-state index >= 15 is 0 Å². The zero-order valence-corrected chi connectivity index (χ0v) is 7.12. The maximum absolute atomic E-state index is 9.26. The van der Waals surface area contributed by atoms with Gasteiger partial charge in [0.05, 0.1) is 0 Å². The zero-order chi connectivity index (χ0) is 7.86. The molecular weight excluding hydrogens is 232 g/mol. The van der Waals surface area contributed by atoms with E-state index in [4.69, 9.17) is 9.90 Å². The maximum Gasteiger partial charge on any atom is 0.0411 e. The molecule has 4 nitrogen and oxygen atoms in total. The Hall–Kier alpha value is -0.320. The molecule has 0 aromatic rings. The van der Waals surface area contributed by atoms with E-state index in [0.29, 0.717) is 0 Å². The van der Waals surface area contributed by atoms with Crippen molar-refractivity contribution >= 4 is 11.9 Å². The van der Waals surface area contributed by atoms with Crippen molar-refractivity contribution in [2.75, 3.05) is 0 Å². The number of rotatable bonds is 1. The van der Waals surface area contributed by atoms with Crippen molar-refractivity contribution in [3.05, 3.63) is 0 Å². The predicted molar refractivity (Wildman–Crippen MR) is 26.0 cm³/mol. The standard InChI is InChI=1S/C3H6O2.C2H4O2.Ag/c1-2-3(4)5;1-2(3)4;/h2H2,1H3,(H,4,5);1H3,(H,3,4);/p-2. The molecule has 0 rings (SSSR count). The molecule has 0 spiro atoms. The second-order valence-corrected chi connectivity index (χ2v) is 1.22. The van der Waals surface area contributed by atoms with Crippen LogP contribution in [0.3, 0.4) is 0 Å². The van der Waals surface area contributed by atoms with E-state index in [9.17, 15) is 9.90 Å². The van der Waals surface area contributed by atoms with Crippen LogP contribution >= 0.6 is 0 Å². The Balaban J connectivity index is -0.0000000910. The second kappa shape index (κ2) is 11.5. The molecule has 5 heteroatoms. The van der Waals surface area contributed by atoms with E-state index in [1.54, 1.807) is 0 Å². The summed E-state index contributed by atoms with van der Waals surface area (Å²) in [5, 5.41) is 18.1. The predicted octanol–water partition coefficient (Wildman–Crippen LogP) is -2.10. The quantitative estimate of drug-likeness (QED) is 0.491. The molecule has 0 saturated heterocycles. The maximum atomic E-state index is 9.26. The molecule has 0 aromatic carbocycles. The van der Waals surface area contributed by atoms with Crippen LogP contribution < -0.4 is 10.2 Å². The Morgan fingerprint density at radius 1 is 1.30 bits per heavy atom. The van der Waals surface area contributed by atoms with Gasteiger partial charge >= 0.3 is 0 Å². The zero-order valence-electron chi connectivity index (χ0n) is 5.64. The molecule has 0 N–H and O–H groups in total. The Morgan fingerprint density at radius 2 is 1.40 bits per heavy atom. The molecular formula is C5H8AgO4-2. The van der Waals surface area contributed by atoms with E-state index in [-0.39, 0.29) is 28.8 Å². The van der Waals surface area contributed by atoms with E-state index in [1.807, 2.05) is 0 Å². The molecule has 0 unspecified atom stereocenters. The van der Waals surface area contributed by atoms with Gasteiger partial charge in [0.25, 0.3) is 0 Å². The summed E-state index contributed by atoms with van der Waals surface area (Å²) < 4.78 is 0. The fourth-order valence-electron chi connectivity index (χ4n) is 0. The van der Waals surface area contributed by atoms with Gasteiger partial charge in [-0.25, -0.2) is 0 Å². The van der Waals surface area contributed by atoms with Crippen molar-refractivity contribution in [1.29, 1.82) is 0 Å². The minimum atomic E-state index is -1.08. The fourth-order valence-corrected chi connectivity index (χ4v) is 0. The third-order valence-corrected chi connectivity index (χ3v) is 0.289. The average molecular weight is 240 g/mol. The van der Waals surface area contributed by atoms with E-state index in [0.717, 1.165) is 6.92 Å². The largest absolute Gasteiger partial charge is 0.550 e. The van der Waals surface area contributed by atoms with Crippen LogP contribution in [-0.4, -0.2) is 11.9 Å². The van der Waals surface area contributed by atoms with Gasteiger partial charge in [0.1, 0.15) is 0 Å². The molecule has 0 aliphatic heterocycles. The van der Waals surface area contributed by atoms with Crippen LogP contribution in [0.2, 0.25) is 0 Å². The molecule has 0 aliphatic carbocycles. The monoisotopic (exact) mass is 239 g/mol. The molecule has 10 heavy (non-hydrogen) atoms. The summed E-state index contributed by atoms with van der Waals surface area (Å²) >= 11 is 0. The van der Waals surface area contributed by atoms with Crippen molar-refractivity contribution in [1.82, 2.24) is 0 Å². The smallest absolute Gasteiger partial charge is 0.0411 e. The van der Waals surface area contributed by atoms with Gasteiger partial charge in [0.2, 0.25) is 0 Å². The number of carboxylic acids is 2. The van der Waals surface area contributed by atoms with E-state index in [1.165, 1.54) is 6.92 Å². The summed E-state index contributed by atoms with van der Waals surface area (Å²) in [7, 11) is 0. The van der Waals surface area contributed by atoms with Crippen LogP contribution in [0.5, 0.6) is 0 Å². The summed E-state index contributed by atoms with van der Waals surface area (Å²) in [6.45, 7) is 2.51. The molecule has 1 radical (unpaired) electrons. The third kappa shape index (κ3) is 121. The van der Waals surface area contributed by atoms with Gasteiger partial charge in [0, 0.05) is 34.3 Å². The summed E-state index contributed by atoms with van der Waals surface area (Å²) in [4.78, 5) is 18.1. The molecule has 0 atom stereocenters. The van der Waals surface area contributed by atoms with Crippen LogP contribution in [0.4, 0.5) is 0 Å². The van der Waals surface area contributed by atoms with Crippen LogP contribution in [0.15, 0.2) is 0 Å². The molecule has 0 amide bonds. The van der Waals surface area contributed by atoms with Gasteiger partial charge in [-0.1, -0.05) is 6.92 Å². The van der Waals surface area contributed by atoms with Crippen LogP contribution in [0.25, 0.3) is 0 Å². The van der Waals surface area contributed by atoms with E-state index in [2.05, 4.69) is 0 Å². The third-order valence-electron chi connectivity index (χ3n) is 0.289. The van der Waals surface area contributed by atoms with Crippen molar-refractivity contribution < 1.29 is 42.2 Å². The Labute approximate surface area is 74.7 Å². The first-order valence-corrected chi connectivity index (χ1v) is 2.38. The first-order valence-electron chi connectivity index (χ1n) is 2.38. The van der Waals surface area contributed by atoms with Crippen LogP contribution in [-0.2, 0) is 32.0 Å². The number of aliphatic carboxylic acids is 2. The summed E-state index contributed by atoms with van der Waals surface area (Å²) in [6, 6.07) is 0. The number of hydrogen-bond acceptors (Lipinski definition) is 4. The summed E-state index contributed by atoms with van der Waals surface area (Å²) in [6.07, 6.45) is 0.111. The minimum absolute atomic E-state index is 0. The molecule has 0 aliphatic rings. The SMILES string of the molecule is CC(=O)[O-].CCC(=O)[O-].[Ag]. The molecule has 0 aromatic heterocycles. The number of carbonyl (C=O) groups excluding carboxylic acids is 2. The Kier molecular flexibility index (Phi) is 18.8. The summed E-state index contributed by atoms with van der Waals surface area (Å²) in [5.74, 6) is -2.08. The number of carbonyl (C=O) groups is 2. The van der Waals surface area contributed by atoms with E-state index < -0.39 is 11.9 Å². The van der Waals surface area contributed by atoms with Gasteiger partial charge in [-0.05, 0) is 13.3 Å². The molecule has 0 bridgehead atoms. The average Bonchev–Trinajstić information content (AvgIpc) is 1.65. The van der Waals surface area contributed by atoms with Crippen molar-refractivity contribution in [2.24, 2.45) is 0 Å². The fraction of sp³-hybridized carbons (Fsp3) is 0.600. The van der Waals surface area contributed by atoms with Gasteiger partial charge in [0.15, 0.2) is 0 Å². The van der Waals surface area contributed by atoms with Gasteiger partial charge in [-0.2, -0.15) is 0 Å². The summed E-state index contributed by atoms with van der Waals surface area (Å²) in [5.41, 5.74) is 0. The molecule has 0 heterocycles. The van der Waals surface area contributed by atoms with Crippen LogP contribution in [0, 0.1) is 0 Å². The second-order valence-electron chi connectivity index (χ2n) is 1.22. The van der Waals surface area contributed by atoms with Crippen molar-refractivity contribution in [2.45, 2.75) is 20.3 Å². The Morgan fingerprint density at radius 3 is 1.40 bits per heavy atom. The normalized spacial score (nSPS) is 6.20. The first-order chi connectivity index (χ1) is 4.00. The first kappa shape index (κ1) is 16.3. The molecule has 0 saturated carbocycles. The minimum Gasteiger partial charge on any atom is -0.550 e. The van der Waals surface area contributed by atoms with Gasteiger partial charge < -0.3 is 19.8 Å². The van der Waals surface area contributed by atoms with Crippen molar-refractivity contribution in [3.63, 3.8) is 0 Å². The van der Waals surface area contributed by atoms with Gasteiger partial charge in [-0.15, -0.1) is 0 Å². The Bertz CT molecular complexity index is 97.8. The topological polar surface area (TPSA) is 80.3 Å². The number of hydrogen-bond donors (Lipinski definition) is 0. The van der Waals surface area contributed by atoms with Crippen molar-refractivity contribution in [3.8, 4) is 0 Å². The van der Waals surface area contributed by atoms with Gasteiger partial charge in [-0.3, -0.25) is 0 Å².